The van der Waals surface area contributed by atoms with Crippen LogP contribution in [0, 0.1) is 0 Å². The largest absolute Gasteiger partial charge is 0.484 e. The monoisotopic (exact) mass is 360 g/mol. The van der Waals surface area contributed by atoms with Crippen molar-refractivity contribution in [1.82, 2.24) is 10.2 Å². The van der Waals surface area contributed by atoms with Gasteiger partial charge in [-0.05, 0) is 34.9 Å². The molecule has 1 aliphatic rings. The van der Waals surface area contributed by atoms with Gasteiger partial charge in [0.2, 0.25) is 0 Å². The number of benzene rings is 3. The summed E-state index contributed by atoms with van der Waals surface area (Å²) in [4.78, 5) is 14.6. The molecular weight excluding hydrogens is 336 g/mol. The average Bonchev–Trinajstić information content (AvgIpc) is 3.13. The molecule has 1 fully saturated rings. The molecular formula is C23H24N2O2. The zero-order chi connectivity index (χ0) is 18.5. The fourth-order valence-electron chi connectivity index (χ4n) is 3.61. The highest BCUT2D eigenvalue weighted by molar-refractivity contribution is 5.84. The van der Waals surface area contributed by atoms with E-state index < -0.39 is 0 Å². The van der Waals surface area contributed by atoms with E-state index in [9.17, 15) is 4.79 Å². The van der Waals surface area contributed by atoms with Gasteiger partial charge in [-0.2, -0.15) is 0 Å². The fraction of sp³-hybridized carbons (Fsp3) is 0.261. The first kappa shape index (κ1) is 17.6. The highest BCUT2D eigenvalue weighted by Gasteiger charge is 2.23. The molecule has 0 unspecified atom stereocenters. The quantitative estimate of drug-likeness (QED) is 0.730. The predicted octanol–water partition coefficient (Wildman–Crippen LogP) is 3.61. The summed E-state index contributed by atoms with van der Waals surface area (Å²) in [5.41, 5.74) is 1.31. The standard InChI is InChI=1S/C23H24N2O2/c26-23(17-27-22-11-10-19-8-4-5-9-20(19)14-22)24-21-12-13-25(16-21)15-18-6-2-1-3-7-18/h1-11,14,21H,12-13,15-17H2,(H,24,26)/t21-/m1/s1. The van der Waals surface area contributed by atoms with E-state index in [2.05, 4.69) is 40.5 Å². The molecule has 1 saturated heterocycles. The van der Waals surface area contributed by atoms with Gasteiger partial charge in [0, 0.05) is 25.7 Å². The minimum Gasteiger partial charge on any atom is -0.484 e. The Morgan fingerprint density at radius 1 is 1.00 bits per heavy atom. The van der Waals surface area contributed by atoms with Gasteiger partial charge in [-0.25, -0.2) is 0 Å². The second kappa shape index (κ2) is 8.23. The van der Waals surface area contributed by atoms with Crippen LogP contribution in [0.3, 0.4) is 0 Å². The Bertz CT molecular complexity index is 910. The lowest BCUT2D eigenvalue weighted by Gasteiger charge is -2.17. The molecule has 1 heterocycles. The maximum atomic E-state index is 12.2. The number of carbonyl (C=O) groups is 1. The van der Waals surface area contributed by atoms with Gasteiger partial charge < -0.3 is 10.1 Å². The Kier molecular flexibility index (Phi) is 5.35. The van der Waals surface area contributed by atoms with Crippen LogP contribution in [0.2, 0.25) is 0 Å². The van der Waals surface area contributed by atoms with Gasteiger partial charge in [-0.1, -0.05) is 60.7 Å². The van der Waals surface area contributed by atoms with Gasteiger partial charge in [-0.3, -0.25) is 9.69 Å². The van der Waals surface area contributed by atoms with Crippen molar-refractivity contribution in [2.45, 2.75) is 19.0 Å². The second-order valence-electron chi connectivity index (χ2n) is 7.07. The highest BCUT2D eigenvalue weighted by atomic mass is 16.5. The maximum Gasteiger partial charge on any atom is 0.258 e. The molecule has 0 spiro atoms. The third-order valence-corrected chi connectivity index (χ3v) is 4.98. The normalized spacial score (nSPS) is 17.1. The lowest BCUT2D eigenvalue weighted by molar-refractivity contribution is -0.123. The van der Waals surface area contributed by atoms with Crippen molar-refractivity contribution in [1.29, 1.82) is 0 Å². The van der Waals surface area contributed by atoms with Crippen LogP contribution < -0.4 is 10.1 Å². The number of carbonyl (C=O) groups excluding carboxylic acids is 1. The number of hydrogen-bond acceptors (Lipinski definition) is 3. The summed E-state index contributed by atoms with van der Waals surface area (Å²) < 4.78 is 5.68. The van der Waals surface area contributed by atoms with Crippen LogP contribution in [0.1, 0.15) is 12.0 Å². The molecule has 3 aromatic carbocycles. The average molecular weight is 360 g/mol. The van der Waals surface area contributed by atoms with Crippen molar-refractivity contribution in [2.24, 2.45) is 0 Å². The Morgan fingerprint density at radius 2 is 1.78 bits per heavy atom. The van der Waals surface area contributed by atoms with Gasteiger partial charge in [-0.15, -0.1) is 0 Å². The van der Waals surface area contributed by atoms with Gasteiger partial charge in [0.1, 0.15) is 5.75 Å². The van der Waals surface area contributed by atoms with Crippen LogP contribution in [0.5, 0.6) is 5.75 Å². The van der Waals surface area contributed by atoms with E-state index in [4.69, 9.17) is 4.74 Å². The van der Waals surface area contributed by atoms with E-state index >= 15 is 0 Å². The summed E-state index contributed by atoms with van der Waals surface area (Å²) in [7, 11) is 0. The molecule has 1 aliphatic heterocycles. The van der Waals surface area contributed by atoms with Crippen LogP contribution in [0.15, 0.2) is 72.8 Å². The van der Waals surface area contributed by atoms with Crippen LogP contribution in [0.25, 0.3) is 10.8 Å². The number of rotatable bonds is 6. The lowest BCUT2D eigenvalue weighted by Crippen LogP contribution is -2.39. The molecule has 1 N–H and O–H groups in total. The van der Waals surface area contributed by atoms with Crippen molar-refractivity contribution in [3.05, 3.63) is 78.4 Å². The zero-order valence-electron chi connectivity index (χ0n) is 15.3. The van der Waals surface area contributed by atoms with Crippen molar-refractivity contribution >= 4 is 16.7 Å². The van der Waals surface area contributed by atoms with Crippen LogP contribution >= 0.6 is 0 Å². The topological polar surface area (TPSA) is 41.6 Å². The van der Waals surface area contributed by atoms with E-state index in [-0.39, 0.29) is 18.6 Å². The van der Waals surface area contributed by atoms with E-state index in [1.807, 2.05) is 42.5 Å². The molecule has 27 heavy (non-hydrogen) atoms. The van der Waals surface area contributed by atoms with Crippen molar-refractivity contribution < 1.29 is 9.53 Å². The SMILES string of the molecule is O=C(COc1ccc2ccccc2c1)N[C@@H]1CCN(Cc2ccccc2)C1. The lowest BCUT2D eigenvalue weighted by atomic mass is 10.1. The van der Waals surface area contributed by atoms with Gasteiger partial charge in [0.05, 0.1) is 0 Å². The molecule has 4 heteroatoms. The molecule has 0 radical (unpaired) electrons. The number of amides is 1. The molecule has 1 amide bonds. The highest BCUT2D eigenvalue weighted by Crippen LogP contribution is 2.20. The van der Waals surface area contributed by atoms with Crippen LogP contribution in [0.4, 0.5) is 0 Å². The Balaban J connectivity index is 1.24. The minimum absolute atomic E-state index is 0.0491. The molecule has 0 aliphatic carbocycles. The molecule has 4 rings (SSSR count). The predicted molar refractivity (Wildman–Crippen MR) is 108 cm³/mol. The Labute approximate surface area is 159 Å². The molecule has 4 nitrogen and oxygen atoms in total. The van der Waals surface area contributed by atoms with Crippen molar-refractivity contribution in [2.75, 3.05) is 19.7 Å². The van der Waals surface area contributed by atoms with E-state index in [0.29, 0.717) is 0 Å². The molecule has 0 bridgehead atoms. The van der Waals surface area contributed by atoms with Crippen LogP contribution in [-0.4, -0.2) is 36.5 Å². The minimum atomic E-state index is -0.0604. The van der Waals surface area contributed by atoms with Gasteiger partial charge in [0.25, 0.3) is 5.91 Å². The third kappa shape index (κ3) is 4.66. The summed E-state index contributed by atoms with van der Waals surface area (Å²) in [5.74, 6) is 0.663. The summed E-state index contributed by atoms with van der Waals surface area (Å²) in [6, 6.07) is 24.7. The number of hydrogen-bond donors (Lipinski definition) is 1. The van der Waals surface area contributed by atoms with E-state index in [1.54, 1.807) is 0 Å². The molecule has 3 aromatic rings. The van der Waals surface area contributed by atoms with Gasteiger partial charge in [0.15, 0.2) is 6.61 Å². The van der Waals surface area contributed by atoms with E-state index in [1.165, 1.54) is 10.9 Å². The summed E-state index contributed by atoms with van der Waals surface area (Å²) in [6.45, 7) is 2.87. The molecule has 1 atom stereocenters. The molecule has 138 valence electrons. The Hall–Kier alpha value is -2.85. The zero-order valence-corrected chi connectivity index (χ0v) is 15.3. The summed E-state index contributed by atoms with van der Waals surface area (Å²) in [5, 5.41) is 5.38. The first-order chi connectivity index (χ1) is 13.3. The molecule has 0 saturated carbocycles. The number of nitrogens with zero attached hydrogens (tertiary/aromatic N) is 1. The third-order valence-electron chi connectivity index (χ3n) is 4.98. The van der Waals surface area contributed by atoms with Gasteiger partial charge >= 0.3 is 0 Å². The van der Waals surface area contributed by atoms with Crippen molar-refractivity contribution in [3.8, 4) is 5.75 Å². The Morgan fingerprint density at radius 3 is 2.63 bits per heavy atom. The second-order valence-corrected chi connectivity index (χ2v) is 7.07. The number of nitrogens with one attached hydrogen (secondary N) is 1. The first-order valence-corrected chi connectivity index (χ1v) is 9.43. The van der Waals surface area contributed by atoms with Crippen LogP contribution in [-0.2, 0) is 11.3 Å². The van der Waals surface area contributed by atoms with Crippen molar-refractivity contribution in [3.63, 3.8) is 0 Å². The maximum absolute atomic E-state index is 12.2. The summed E-state index contributed by atoms with van der Waals surface area (Å²) in [6.07, 6.45) is 0.981. The first-order valence-electron chi connectivity index (χ1n) is 9.43. The van der Waals surface area contributed by atoms with E-state index in [0.717, 1.165) is 37.2 Å². The smallest absolute Gasteiger partial charge is 0.258 e. The fourth-order valence-corrected chi connectivity index (χ4v) is 3.61. The number of fused-ring (bicyclic) bond motifs is 1. The summed E-state index contributed by atoms with van der Waals surface area (Å²) >= 11 is 0. The number of likely N-dealkylation sites (tertiary alicyclic amines) is 1. The molecule has 0 aromatic heterocycles. The number of ether oxygens (including phenoxy) is 1.